The number of alkyl carbamates (subject to hydrolysis) is 1. The van der Waals surface area contributed by atoms with Crippen LogP contribution in [0.15, 0.2) is 48.5 Å². The minimum Gasteiger partial charge on any atom is -0.481 e. The molecule has 2 aliphatic rings. The van der Waals surface area contributed by atoms with Crippen LogP contribution in [0.2, 0.25) is 0 Å². The van der Waals surface area contributed by atoms with Crippen molar-refractivity contribution >= 4 is 18.0 Å². The van der Waals surface area contributed by atoms with Gasteiger partial charge in [0.25, 0.3) is 0 Å². The predicted molar refractivity (Wildman–Crippen MR) is 128 cm³/mol. The van der Waals surface area contributed by atoms with Crippen LogP contribution in [-0.4, -0.2) is 41.8 Å². The van der Waals surface area contributed by atoms with Crippen molar-refractivity contribution in [3.63, 3.8) is 0 Å². The van der Waals surface area contributed by atoms with Crippen molar-refractivity contribution in [1.82, 2.24) is 10.6 Å². The van der Waals surface area contributed by atoms with E-state index in [2.05, 4.69) is 43.5 Å². The van der Waals surface area contributed by atoms with Crippen LogP contribution in [0, 0.1) is 11.3 Å². The highest BCUT2D eigenvalue weighted by Crippen LogP contribution is 2.51. The number of rotatable bonds is 9. The number of amides is 2. The molecule has 2 aromatic rings. The minimum atomic E-state index is -1.02. The number of aliphatic carboxylic acids is 1. The first-order valence-corrected chi connectivity index (χ1v) is 11.8. The van der Waals surface area contributed by atoms with Crippen molar-refractivity contribution in [2.45, 2.75) is 58.0 Å². The molecule has 0 radical (unpaired) electrons. The van der Waals surface area contributed by atoms with Crippen molar-refractivity contribution in [3.8, 4) is 11.1 Å². The van der Waals surface area contributed by atoms with Crippen molar-refractivity contribution in [2.24, 2.45) is 11.3 Å². The summed E-state index contributed by atoms with van der Waals surface area (Å²) < 4.78 is 5.55. The number of carbonyl (C=O) groups excluding carboxylic acids is 2. The number of fused-ring (bicyclic) bond motifs is 3. The van der Waals surface area contributed by atoms with Crippen LogP contribution in [0.5, 0.6) is 0 Å². The summed E-state index contributed by atoms with van der Waals surface area (Å²) in [7, 11) is 0. The second-order valence-electron chi connectivity index (χ2n) is 9.88. The van der Waals surface area contributed by atoms with Crippen LogP contribution >= 0.6 is 0 Å². The normalized spacial score (nSPS) is 21.4. The van der Waals surface area contributed by atoms with E-state index in [0.717, 1.165) is 28.7 Å². The van der Waals surface area contributed by atoms with Gasteiger partial charge in [-0.15, -0.1) is 0 Å². The number of nitrogens with one attached hydrogen (secondary N) is 2. The highest BCUT2D eigenvalue weighted by molar-refractivity contribution is 5.87. The lowest BCUT2D eigenvalue weighted by molar-refractivity contribution is -0.137. The monoisotopic (exact) mass is 464 g/mol. The van der Waals surface area contributed by atoms with E-state index < -0.39 is 18.1 Å². The molecule has 0 saturated heterocycles. The first kappa shape index (κ1) is 23.8. The molecule has 7 nitrogen and oxygen atoms in total. The predicted octanol–water partition coefficient (Wildman–Crippen LogP) is 4.31. The van der Waals surface area contributed by atoms with Gasteiger partial charge in [0.15, 0.2) is 0 Å². The van der Waals surface area contributed by atoms with E-state index in [1.165, 1.54) is 0 Å². The molecule has 4 rings (SSSR count). The summed E-state index contributed by atoms with van der Waals surface area (Å²) in [4.78, 5) is 36.6. The lowest BCUT2D eigenvalue weighted by atomic mass is 9.94. The number of benzene rings is 2. The zero-order valence-corrected chi connectivity index (χ0v) is 19.8. The molecule has 7 heteroatoms. The second kappa shape index (κ2) is 9.49. The maximum absolute atomic E-state index is 12.9. The fourth-order valence-corrected chi connectivity index (χ4v) is 4.83. The van der Waals surface area contributed by atoms with Crippen molar-refractivity contribution < 1.29 is 24.2 Å². The van der Waals surface area contributed by atoms with E-state index in [9.17, 15) is 14.4 Å². The number of carboxylic acids is 1. The Bertz CT molecular complexity index is 1050. The number of hydrogen-bond acceptors (Lipinski definition) is 4. The number of ether oxygens (including phenoxy) is 1. The van der Waals surface area contributed by atoms with E-state index in [0.29, 0.717) is 5.92 Å². The molecule has 3 atom stereocenters. The fourth-order valence-electron chi connectivity index (χ4n) is 4.83. The van der Waals surface area contributed by atoms with Gasteiger partial charge in [0, 0.05) is 18.4 Å². The summed E-state index contributed by atoms with van der Waals surface area (Å²) >= 11 is 0. The summed E-state index contributed by atoms with van der Waals surface area (Å²) in [6.07, 6.45) is -0.0908. The zero-order chi connectivity index (χ0) is 24.5. The van der Waals surface area contributed by atoms with Crippen molar-refractivity contribution in [1.29, 1.82) is 0 Å². The number of carboxylic acid groups (broad SMARTS) is 1. The summed E-state index contributed by atoms with van der Waals surface area (Å²) in [5.74, 6) is -1.08. The SMILES string of the molecule is CC(C)C1(C)CC1NC(=O)C(CCC(=O)O)NC(=O)OCC1c2ccccc2-c2ccccc21. The molecular formula is C27H32N2O5. The lowest BCUT2D eigenvalue weighted by Gasteiger charge is -2.21. The van der Waals surface area contributed by atoms with Gasteiger partial charge in [0.05, 0.1) is 0 Å². The standard InChI is InChI=1S/C27H32N2O5/c1-16(2)27(3)14-23(27)29-25(32)22(12-13-24(30)31)28-26(33)34-15-21-19-10-6-4-8-17(19)18-9-5-7-11-20(18)21/h4-11,16,21-23H,12-15H2,1-3H3,(H,28,33)(H,29,32)(H,30,31). The molecule has 3 N–H and O–H groups in total. The largest absolute Gasteiger partial charge is 0.481 e. The Kier molecular flexibility index (Phi) is 6.64. The lowest BCUT2D eigenvalue weighted by Crippen LogP contribution is -2.48. The fraction of sp³-hybridized carbons (Fsp3) is 0.444. The summed E-state index contributed by atoms with van der Waals surface area (Å²) in [6, 6.07) is 15.1. The van der Waals surface area contributed by atoms with Gasteiger partial charge in [-0.25, -0.2) is 4.79 Å². The van der Waals surface area contributed by atoms with Gasteiger partial charge in [-0.2, -0.15) is 0 Å². The molecule has 180 valence electrons. The van der Waals surface area contributed by atoms with Crippen LogP contribution in [0.3, 0.4) is 0 Å². The van der Waals surface area contributed by atoms with Gasteiger partial charge in [-0.1, -0.05) is 69.3 Å². The Balaban J connectivity index is 1.39. The molecule has 2 amide bonds. The average Bonchev–Trinajstić information content (AvgIpc) is 3.36. The molecule has 1 fully saturated rings. The Morgan fingerprint density at radius 3 is 2.18 bits per heavy atom. The Morgan fingerprint density at radius 2 is 1.65 bits per heavy atom. The molecule has 2 aromatic carbocycles. The first-order valence-electron chi connectivity index (χ1n) is 11.8. The quantitative estimate of drug-likeness (QED) is 0.513. The van der Waals surface area contributed by atoms with E-state index in [-0.39, 0.29) is 42.7 Å². The van der Waals surface area contributed by atoms with Crippen LogP contribution in [0.1, 0.15) is 57.1 Å². The Hall–Kier alpha value is -3.35. The first-order chi connectivity index (χ1) is 16.2. The molecule has 0 spiro atoms. The van der Waals surface area contributed by atoms with Gasteiger partial charge in [-0.3, -0.25) is 9.59 Å². The molecular weight excluding hydrogens is 432 g/mol. The van der Waals surface area contributed by atoms with Crippen molar-refractivity contribution in [3.05, 3.63) is 59.7 Å². The second-order valence-corrected chi connectivity index (χ2v) is 9.88. The third-order valence-electron chi connectivity index (χ3n) is 7.51. The average molecular weight is 465 g/mol. The number of hydrogen-bond donors (Lipinski definition) is 3. The smallest absolute Gasteiger partial charge is 0.407 e. The van der Waals surface area contributed by atoms with Gasteiger partial charge in [0.1, 0.15) is 12.6 Å². The Morgan fingerprint density at radius 1 is 1.06 bits per heavy atom. The molecule has 2 aliphatic carbocycles. The Labute approximate surface area is 199 Å². The molecule has 0 aromatic heterocycles. The molecule has 1 saturated carbocycles. The highest BCUT2D eigenvalue weighted by atomic mass is 16.5. The highest BCUT2D eigenvalue weighted by Gasteiger charge is 2.53. The van der Waals surface area contributed by atoms with Gasteiger partial charge < -0.3 is 20.5 Å². The van der Waals surface area contributed by atoms with Crippen LogP contribution in [-0.2, 0) is 14.3 Å². The summed E-state index contributed by atoms with van der Waals surface area (Å²) in [5, 5.41) is 14.7. The van der Waals surface area contributed by atoms with Gasteiger partial charge in [-0.05, 0) is 46.4 Å². The molecule has 0 bridgehead atoms. The van der Waals surface area contributed by atoms with Crippen LogP contribution < -0.4 is 10.6 Å². The third kappa shape index (κ3) is 4.79. The maximum atomic E-state index is 12.9. The molecule has 34 heavy (non-hydrogen) atoms. The maximum Gasteiger partial charge on any atom is 0.407 e. The minimum absolute atomic E-state index is 0.00350. The summed E-state index contributed by atoms with van der Waals surface area (Å²) in [6.45, 7) is 6.47. The van der Waals surface area contributed by atoms with Crippen LogP contribution in [0.25, 0.3) is 11.1 Å². The van der Waals surface area contributed by atoms with Gasteiger partial charge in [0.2, 0.25) is 5.91 Å². The topological polar surface area (TPSA) is 105 Å². The molecule has 3 unspecified atom stereocenters. The molecule has 0 aliphatic heterocycles. The van der Waals surface area contributed by atoms with Crippen molar-refractivity contribution in [2.75, 3.05) is 6.61 Å². The third-order valence-corrected chi connectivity index (χ3v) is 7.51. The number of carbonyl (C=O) groups is 3. The van der Waals surface area contributed by atoms with E-state index in [1.54, 1.807) is 0 Å². The summed E-state index contributed by atoms with van der Waals surface area (Å²) in [5.41, 5.74) is 4.47. The van der Waals surface area contributed by atoms with Crippen LogP contribution in [0.4, 0.5) is 4.79 Å². The zero-order valence-electron chi connectivity index (χ0n) is 19.8. The van der Waals surface area contributed by atoms with E-state index in [1.807, 2.05) is 36.4 Å². The molecule has 0 heterocycles. The van der Waals surface area contributed by atoms with E-state index >= 15 is 0 Å². The van der Waals surface area contributed by atoms with E-state index in [4.69, 9.17) is 9.84 Å². The van der Waals surface area contributed by atoms with Gasteiger partial charge >= 0.3 is 12.1 Å².